The zero-order chi connectivity index (χ0) is 27.5. The number of likely N-dealkylation sites (N-methyl/N-ethyl adjacent to an activating group) is 1. The summed E-state index contributed by atoms with van der Waals surface area (Å²) in [6.07, 6.45) is 6.40. The molecule has 10 nitrogen and oxygen atoms in total. The van der Waals surface area contributed by atoms with Crippen LogP contribution in [0.4, 0.5) is 5.69 Å². The number of benzene rings is 2. The first-order valence-electron chi connectivity index (χ1n) is 12.9. The average molecular weight is 528 g/mol. The lowest BCUT2D eigenvalue weighted by atomic mass is 10.1. The highest BCUT2D eigenvalue weighted by molar-refractivity contribution is 5.97. The third-order valence-electron chi connectivity index (χ3n) is 6.91. The van der Waals surface area contributed by atoms with Gasteiger partial charge in [0.05, 0.1) is 17.1 Å². The van der Waals surface area contributed by atoms with Gasteiger partial charge in [-0.2, -0.15) is 5.10 Å². The second kappa shape index (κ2) is 11.1. The molecule has 0 bridgehead atoms. The number of carbonyl (C=O) groups is 1. The lowest BCUT2D eigenvalue weighted by Gasteiger charge is -2.18. The van der Waals surface area contributed by atoms with Gasteiger partial charge in [-0.05, 0) is 82.2 Å². The summed E-state index contributed by atoms with van der Waals surface area (Å²) in [6, 6.07) is 13.3. The van der Waals surface area contributed by atoms with Crippen LogP contribution in [0.15, 0.2) is 54.9 Å². The molecular formula is C29H33N7O3. The fourth-order valence-electron chi connectivity index (χ4n) is 4.82. The van der Waals surface area contributed by atoms with Crippen molar-refractivity contribution in [1.82, 2.24) is 24.6 Å². The van der Waals surface area contributed by atoms with Gasteiger partial charge >= 0.3 is 0 Å². The Balaban J connectivity index is 1.31. The van der Waals surface area contributed by atoms with Crippen LogP contribution in [-0.4, -0.2) is 50.2 Å². The molecule has 5 rings (SSSR count). The first kappa shape index (κ1) is 26.2. The Morgan fingerprint density at radius 3 is 2.44 bits per heavy atom. The van der Waals surface area contributed by atoms with Crippen LogP contribution in [0, 0.1) is 13.8 Å². The van der Waals surface area contributed by atoms with Crippen LogP contribution in [0.25, 0.3) is 5.69 Å². The van der Waals surface area contributed by atoms with Gasteiger partial charge in [-0.1, -0.05) is 0 Å². The number of nitrogens with zero attached hydrogens (tertiary/aromatic N) is 5. The Labute approximate surface area is 227 Å². The molecule has 1 atom stereocenters. The number of carbonyl (C=O) groups excluding carboxylic acids is 1. The molecule has 3 heterocycles. The number of primary amides is 1. The third-order valence-corrected chi connectivity index (χ3v) is 6.91. The van der Waals surface area contributed by atoms with Crippen molar-refractivity contribution in [1.29, 1.82) is 0 Å². The maximum Gasteiger partial charge on any atom is 0.269 e. The van der Waals surface area contributed by atoms with E-state index in [1.54, 1.807) is 12.4 Å². The molecule has 1 saturated heterocycles. The molecule has 0 radical (unpaired) electrons. The number of hydrogen-bond donors (Lipinski definition) is 2. The van der Waals surface area contributed by atoms with Crippen LogP contribution in [-0.2, 0) is 13.0 Å². The van der Waals surface area contributed by atoms with Gasteiger partial charge in [-0.3, -0.25) is 4.79 Å². The van der Waals surface area contributed by atoms with E-state index in [1.165, 1.54) is 4.68 Å². The first-order valence-corrected chi connectivity index (χ1v) is 12.9. The molecule has 0 aliphatic carbocycles. The van der Waals surface area contributed by atoms with E-state index in [-0.39, 0.29) is 5.69 Å². The predicted octanol–water partition coefficient (Wildman–Crippen LogP) is 3.97. The van der Waals surface area contributed by atoms with Gasteiger partial charge in [0, 0.05) is 36.5 Å². The predicted molar refractivity (Wildman–Crippen MR) is 148 cm³/mol. The summed E-state index contributed by atoms with van der Waals surface area (Å²) in [5.74, 6) is 2.05. The Hall–Kier alpha value is -4.44. The molecule has 0 spiro atoms. The summed E-state index contributed by atoms with van der Waals surface area (Å²) in [5, 5.41) is 4.68. The molecule has 39 heavy (non-hydrogen) atoms. The third kappa shape index (κ3) is 6.01. The number of aromatic nitrogens is 4. The fourth-order valence-corrected chi connectivity index (χ4v) is 4.82. The highest BCUT2D eigenvalue weighted by Gasteiger charge is 2.27. The molecule has 1 aliphatic rings. The van der Waals surface area contributed by atoms with Crippen molar-refractivity contribution in [3.05, 3.63) is 83.2 Å². The summed E-state index contributed by atoms with van der Waals surface area (Å²) in [5.41, 5.74) is 15.8. The van der Waals surface area contributed by atoms with Crippen molar-refractivity contribution in [3.63, 3.8) is 0 Å². The van der Waals surface area contributed by atoms with Crippen molar-refractivity contribution in [2.75, 3.05) is 19.3 Å². The quantitative estimate of drug-likeness (QED) is 0.334. The summed E-state index contributed by atoms with van der Waals surface area (Å²) < 4.78 is 13.6. The van der Waals surface area contributed by atoms with E-state index in [1.807, 2.05) is 56.3 Å². The molecule has 4 N–H and O–H groups in total. The monoisotopic (exact) mass is 527 g/mol. The Bertz CT molecular complexity index is 1470. The second-order valence-corrected chi connectivity index (χ2v) is 9.97. The number of hydrogen-bond acceptors (Lipinski definition) is 8. The molecule has 10 heteroatoms. The molecule has 1 fully saturated rings. The van der Waals surface area contributed by atoms with Gasteiger partial charge in [0.25, 0.3) is 5.91 Å². The van der Waals surface area contributed by atoms with E-state index in [9.17, 15) is 4.79 Å². The zero-order valence-corrected chi connectivity index (χ0v) is 22.4. The SMILES string of the molecule is Cc1cc(OCc2cnc(C)nc2)cc(Oc2ccc(-n3nc(C[C@H]4CCCN4C)c(N)c3C(N)=O)cc2)c1. The van der Waals surface area contributed by atoms with Gasteiger partial charge in [-0.25, -0.2) is 14.6 Å². The highest BCUT2D eigenvalue weighted by Crippen LogP contribution is 2.30. The molecule has 202 valence electrons. The van der Waals surface area contributed by atoms with Crippen LogP contribution in [0.5, 0.6) is 17.2 Å². The Morgan fingerprint density at radius 2 is 1.77 bits per heavy atom. The Morgan fingerprint density at radius 1 is 1.05 bits per heavy atom. The second-order valence-electron chi connectivity index (χ2n) is 9.97. The molecule has 2 aromatic carbocycles. The highest BCUT2D eigenvalue weighted by atomic mass is 16.5. The van der Waals surface area contributed by atoms with Gasteiger partial charge in [-0.15, -0.1) is 0 Å². The van der Waals surface area contributed by atoms with Gasteiger partial charge < -0.3 is 25.8 Å². The number of rotatable bonds is 9. The number of amides is 1. The normalized spacial score (nSPS) is 15.4. The van der Waals surface area contributed by atoms with E-state index >= 15 is 0 Å². The molecule has 4 aromatic rings. The van der Waals surface area contributed by atoms with E-state index < -0.39 is 5.91 Å². The minimum absolute atomic E-state index is 0.193. The maximum atomic E-state index is 12.3. The van der Waals surface area contributed by atoms with Gasteiger partial charge in [0.1, 0.15) is 29.7 Å². The van der Waals surface area contributed by atoms with Crippen LogP contribution in [0.3, 0.4) is 0 Å². The number of nitrogens with two attached hydrogens (primary N) is 2. The topological polar surface area (TPSA) is 134 Å². The van der Waals surface area contributed by atoms with E-state index in [0.717, 1.165) is 36.3 Å². The molecule has 0 unspecified atom stereocenters. The Kier molecular flexibility index (Phi) is 7.47. The zero-order valence-electron chi connectivity index (χ0n) is 22.4. The summed E-state index contributed by atoms with van der Waals surface area (Å²) in [6.45, 7) is 5.22. The molecule has 2 aromatic heterocycles. The van der Waals surface area contributed by atoms with Crippen molar-refractivity contribution in [2.45, 2.75) is 45.8 Å². The lowest BCUT2D eigenvalue weighted by Crippen LogP contribution is -2.27. The van der Waals surface area contributed by atoms with Crippen LogP contribution in [0.2, 0.25) is 0 Å². The molecule has 1 amide bonds. The smallest absolute Gasteiger partial charge is 0.269 e. The maximum absolute atomic E-state index is 12.3. The number of ether oxygens (including phenoxy) is 2. The van der Waals surface area contributed by atoms with Crippen molar-refractivity contribution in [3.8, 4) is 22.9 Å². The van der Waals surface area contributed by atoms with Gasteiger partial charge in [0.2, 0.25) is 0 Å². The van der Waals surface area contributed by atoms with Crippen LogP contribution in [0.1, 0.15) is 46.0 Å². The molecule has 0 saturated carbocycles. The van der Waals surface area contributed by atoms with Crippen molar-refractivity contribution < 1.29 is 14.3 Å². The van der Waals surface area contributed by atoms with E-state index in [4.69, 9.17) is 20.9 Å². The number of nitrogen functional groups attached to an aromatic ring is 1. The fraction of sp³-hybridized carbons (Fsp3) is 0.310. The first-order chi connectivity index (χ1) is 18.8. The van der Waals surface area contributed by atoms with Crippen molar-refractivity contribution in [2.24, 2.45) is 5.73 Å². The van der Waals surface area contributed by atoms with E-state index in [2.05, 4.69) is 27.0 Å². The average Bonchev–Trinajstić information content (AvgIpc) is 3.46. The number of likely N-dealkylation sites (tertiary alicyclic amines) is 1. The number of anilines is 1. The van der Waals surface area contributed by atoms with Crippen molar-refractivity contribution >= 4 is 11.6 Å². The minimum atomic E-state index is -0.615. The summed E-state index contributed by atoms with van der Waals surface area (Å²) in [7, 11) is 2.10. The minimum Gasteiger partial charge on any atom is -0.489 e. The van der Waals surface area contributed by atoms with E-state index in [0.29, 0.717) is 53.4 Å². The lowest BCUT2D eigenvalue weighted by molar-refractivity contribution is 0.0994. The standard InChI is InChI=1S/C29H33N7O3/c1-18-11-24(38-17-20-15-32-19(2)33-16-20)14-25(12-18)39-23-8-6-21(7-9-23)36-28(29(31)37)27(30)26(34-36)13-22-5-4-10-35(22)3/h6-9,11-12,14-16,22H,4-5,10,13,17,30H2,1-3H3,(H2,31,37)/t22-/m1/s1. The van der Waals surface area contributed by atoms with Gasteiger partial charge in [0.15, 0.2) is 5.69 Å². The summed E-state index contributed by atoms with van der Waals surface area (Å²) in [4.78, 5) is 23.0. The van der Waals surface area contributed by atoms with Crippen LogP contribution < -0.4 is 20.9 Å². The van der Waals surface area contributed by atoms with Crippen LogP contribution >= 0.6 is 0 Å². The summed E-state index contributed by atoms with van der Waals surface area (Å²) >= 11 is 0. The number of aryl methyl sites for hydroxylation is 2. The molecular weight excluding hydrogens is 494 g/mol. The largest absolute Gasteiger partial charge is 0.489 e. The molecule has 1 aliphatic heterocycles.